The molecule has 1 aliphatic rings. The molecule has 2 heterocycles. The SMILES string of the molecule is CCc1cnc(C)nc1NC[C@@H](O)CN1CCCCCC1. The van der Waals surface area contributed by atoms with Crippen LogP contribution in [0.3, 0.4) is 0 Å². The van der Waals surface area contributed by atoms with E-state index in [1.807, 2.05) is 13.1 Å². The normalized spacial score (nSPS) is 18.2. The highest BCUT2D eigenvalue weighted by Gasteiger charge is 2.14. The standard InChI is InChI=1S/C16H28N4O/c1-3-14-10-17-13(2)19-16(14)18-11-15(21)12-20-8-6-4-5-7-9-20/h10,15,21H,3-9,11-12H2,1-2H3,(H,17,18,19)/t15-/m1/s1. The first-order valence-corrected chi connectivity index (χ1v) is 8.16. The molecule has 0 unspecified atom stereocenters. The highest BCUT2D eigenvalue weighted by molar-refractivity contribution is 5.43. The van der Waals surface area contributed by atoms with Gasteiger partial charge in [-0.25, -0.2) is 9.97 Å². The molecule has 0 radical (unpaired) electrons. The van der Waals surface area contributed by atoms with Crippen LogP contribution in [0.2, 0.25) is 0 Å². The molecule has 1 aromatic heterocycles. The number of hydrogen-bond acceptors (Lipinski definition) is 5. The summed E-state index contributed by atoms with van der Waals surface area (Å²) < 4.78 is 0. The van der Waals surface area contributed by atoms with Crippen LogP contribution in [-0.2, 0) is 6.42 Å². The van der Waals surface area contributed by atoms with Crippen molar-refractivity contribution in [1.29, 1.82) is 0 Å². The Bertz CT molecular complexity index is 430. The number of aliphatic hydroxyl groups excluding tert-OH is 1. The summed E-state index contributed by atoms with van der Waals surface area (Å²) in [5.74, 6) is 1.62. The van der Waals surface area contributed by atoms with Crippen LogP contribution in [0.5, 0.6) is 0 Å². The molecule has 5 heteroatoms. The number of nitrogens with one attached hydrogen (secondary N) is 1. The van der Waals surface area contributed by atoms with Gasteiger partial charge in [0.15, 0.2) is 0 Å². The molecule has 2 N–H and O–H groups in total. The van der Waals surface area contributed by atoms with Gasteiger partial charge in [0.2, 0.25) is 0 Å². The maximum Gasteiger partial charge on any atom is 0.132 e. The van der Waals surface area contributed by atoms with E-state index in [2.05, 4.69) is 27.1 Å². The minimum absolute atomic E-state index is 0.358. The van der Waals surface area contributed by atoms with Crippen molar-refractivity contribution in [3.63, 3.8) is 0 Å². The van der Waals surface area contributed by atoms with Crippen LogP contribution in [0.1, 0.15) is 44.0 Å². The molecule has 118 valence electrons. The second-order valence-electron chi connectivity index (χ2n) is 5.89. The van der Waals surface area contributed by atoms with Gasteiger partial charge in [-0.1, -0.05) is 19.8 Å². The fourth-order valence-corrected chi connectivity index (χ4v) is 2.80. The van der Waals surface area contributed by atoms with Gasteiger partial charge in [0.05, 0.1) is 6.10 Å². The fraction of sp³-hybridized carbons (Fsp3) is 0.750. The Balaban J connectivity index is 1.82. The molecule has 0 saturated carbocycles. The van der Waals surface area contributed by atoms with E-state index in [-0.39, 0.29) is 6.10 Å². The number of anilines is 1. The van der Waals surface area contributed by atoms with Crippen LogP contribution in [0.4, 0.5) is 5.82 Å². The number of rotatable bonds is 6. The van der Waals surface area contributed by atoms with Gasteiger partial charge in [0, 0.05) is 24.8 Å². The second-order valence-corrected chi connectivity index (χ2v) is 5.89. The second kappa shape index (κ2) is 8.29. The van der Waals surface area contributed by atoms with E-state index in [4.69, 9.17) is 0 Å². The zero-order chi connectivity index (χ0) is 15.1. The number of hydrogen-bond donors (Lipinski definition) is 2. The van der Waals surface area contributed by atoms with Crippen molar-refractivity contribution >= 4 is 5.82 Å². The molecule has 0 bridgehead atoms. The summed E-state index contributed by atoms with van der Waals surface area (Å²) in [5, 5.41) is 13.5. The highest BCUT2D eigenvalue weighted by Crippen LogP contribution is 2.13. The van der Waals surface area contributed by atoms with E-state index in [1.54, 1.807) is 0 Å². The van der Waals surface area contributed by atoms with Crippen LogP contribution in [0.15, 0.2) is 6.20 Å². The monoisotopic (exact) mass is 292 g/mol. The molecule has 1 aromatic rings. The summed E-state index contributed by atoms with van der Waals surface area (Å²) >= 11 is 0. The van der Waals surface area contributed by atoms with Crippen LogP contribution in [-0.4, -0.2) is 52.3 Å². The predicted molar refractivity (Wildman–Crippen MR) is 85.6 cm³/mol. The van der Waals surface area contributed by atoms with Gasteiger partial charge in [-0.05, 0) is 39.3 Å². The van der Waals surface area contributed by atoms with Gasteiger partial charge in [0.25, 0.3) is 0 Å². The molecule has 0 aliphatic carbocycles. The van der Waals surface area contributed by atoms with E-state index in [9.17, 15) is 5.11 Å². The average Bonchev–Trinajstić information content (AvgIpc) is 2.74. The van der Waals surface area contributed by atoms with E-state index < -0.39 is 0 Å². The number of aryl methyl sites for hydroxylation is 2. The highest BCUT2D eigenvalue weighted by atomic mass is 16.3. The first kappa shape index (κ1) is 16.2. The molecule has 1 aliphatic heterocycles. The first-order chi connectivity index (χ1) is 10.2. The predicted octanol–water partition coefficient (Wildman–Crippen LogP) is 2.00. The molecule has 0 aromatic carbocycles. The maximum atomic E-state index is 10.2. The zero-order valence-electron chi connectivity index (χ0n) is 13.3. The van der Waals surface area contributed by atoms with Crippen LogP contribution >= 0.6 is 0 Å². The zero-order valence-corrected chi connectivity index (χ0v) is 13.3. The third-order valence-electron chi connectivity index (χ3n) is 4.04. The van der Waals surface area contributed by atoms with E-state index in [0.717, 1.165) is 43.3 Å². The fourth-order valence-electron chi connectivity index (χ4n) is 2.80. The Hall–Kier alpha value is -1.20. The Kier molecular flexibility index (Phi) is 6.39. The first-order valence-electron chi connectivity index (χ1n) is 8.16. The lowest BCUT2D eigenvalue weighted by Crippen LogP contribution is -2.36. The summed E-state index contributed by atoms with van der Waals surface area (Å²) in [6, 6.07) is 0. The number of nitrogens with zero attached hydrogens (tertiary/aromatic N) is 3. The van der Waals surface area contributed by atoms with Crippen LogP contribution in [0, 0.1) is 6.92 Å². The third kappa shape index (κ3) is 5.25. The summed E-state index contributed by atoms with van der Waals surface area (Å²) in [6.45, 7) is 7.50. The lowest BCUT2D eigenvalue weighted by molar-refractivity contribution is 0.124. The largest absolute Gasteiger partial charge is 0.390 e. The van der Waals surface area contributed by atoms with Gasteiger partial charge in [-0.15, -0.1) is 0 Å². The summed E-state index contributed by atoms with van der Waals surface area (Å²) in [7, 11) is 0. The lowest BCUT2D eigenvalue weighted by Gasteiger charge is -2.23. The molecule has 21 heavy (non-hydrogen) atoms. The molecule has 1 atom stereocenters. The van der Waals surface area contributed by atoms with E-state index >= 15 is 0 Å². The van der Waals surface area contributed by atoms with Gasteiger partial charge in [-0.2, -0.15) is 0 Å². The molecule has 0 amide bonds. The average molecular weight is 292 g/mol. The Morgan fingerprint density at radius 1 is 1.29 bits per heavy atom. The molecule has 2 rings (SSSR count). The van der Waals surface area contributed by atoms with Gasteiger partial charge < -0.3 is 15.3 Å². The smallest absolute Gasteiger partial charge is 0.132 e. The number of likely N-dealkylation sites (tertiary alicyclic amines) is 1. The van der Waals surface area contributed by atoms with Crippen molar-refractivity contribution in [3.8, 4) is 0 Å². The lowest BCUT2D eigenvalue weighted by atomic mass is 10.2. The summed E-state index contributed by atoms with van der Waals surface area (Å²) in [4.78, 5) is 11.0. The quantitative estimate of drug-likeness (QED) is 0.839. The van der Waals surface area contributed by atoms with Crippen molar-refractivity contribution in [2.24, 2.45) is 0 Å². The topological polar surface area (TPSA) is 61.3 Å². The third-order valence-corrected chi connectivity index (χ3v) is 4.04. The van der Waals surface area contributed by atoms with Crippen LogP contribution in [0.25, 0.3) is 0 Å². The van der Waals surface area contributed by atoms with Crippen molar-refractivity contribution in [2.75, 3.05) is 31.5 Å². The van der Waals surface area contributed by atoms with Crippen molar-refractivity contribution in [2.45, 2.75) is 52.1 Å². The maximum absolute atomic E-state index is 10.2. The van der Waals surface area contributed by atoms with Gasteiger partial charge in [-0.3, -0.25) is 0 Å². The van der Waals surface area contributed by atoms with Crippen molar-refractivity contribution < 1.29 is 5.11 Å². The summed E-state index contributed by atoms with van der Waals surface area (Å²) in [5.41, 5.74) is 1.10. The molecule has 5 nitrogen and oxygen atoms in total. The molecular weight excluding hydrogens is 264 g/mol. The van der Waals surface area contributed by atoms with Gasteiger partial charge >= 0.3 is 0 Å². The molecule has 0 spiro atoms. The Labute approximate surface area is 127 Å². The van der Waals surface area contributed by atoms with E-state index in [0.29, 0.717) is 6.54 Å². The summed E-state index contributed by atoms with van der Waals surface area (Å²) in [6.07, 6.45) is 7.56. The minimum Gasteiger partial charge on any atom is -0.390 e. The van der Waals surface area contributed by atoms with Crippen molar-refractivity contribution in [3.05, 3.63) is 17.6 Å². The number of β-amino-alcohol motifs (C(OH)–C–C–N with tert-alkyl or cyclic N) is 1. The number of aliphatic hydroxyl groups is 1. The number of aromatic nitrogens is 2. The van der Waals surface area contributed by atoms with E-state index in [1.165, 1.54) is 25.7 Å². The van der Waals surface area contributed by atoms with Crippen molar-refractivity contribution in [1.82, 2.24) is 14.9 Å². The molecule has 1 saturated heterocycles. The molecule has 1 fully saturated rings. The Morgan fingerprint density at radius 3 is 2.67 bits per heavy atom. The van der Waals surface area contributed by atoms with Gasteiger partial charge in [0.1, 0.15) is 11.6 Å². The minimum atomic E-state index is -0.358. The Morgan fingerprint density at radius 2 is 2.00 bits per heavy atom. The molecular formula is C16H28N4O. The van der Waals surface area contributed by atoms with Crippen LogP contribution < -0.4 is 5.32 Å².